The number of nitrogens with two attached hydrogens (primary N) is 1. The van der Waals surface area contributed by atoms with E-state index in [0.717, 1.165) is 53.5 Å². The summed E-state index contributed by atoms with van der Waals surface area (Å²) < 4.78 is 13.6. The van der Waals surface area contributed by atoms with E-state index in [1.54, 1.807) is 31.5 Å². The molecule has 0 spiro atoms. The van der Waals surface area contributed by atoms with Gasteiger partial charge in [-0.2, -0.15) is 5.10 Å². The van der Waals surface area contributed by atoms with Crippen LogP contribution in [0.2, 0.25) is 0 Å². The second-order valence-corrected chi connectivity index (χ2v) is 10.8. The van der Waals surface area contributed by atoms with E-state index in [1.165, 1.54) is 0 Å². The van der Waals surface area contributed by atoms with Gasteiger partial charge in [-0.1, -0.05) is 30.3 Å². The fourth-order valence-corrected chi connectivity index (χ4v) is 5.58. The molecule has 44 heavy (non-hydrogen) atoms. The number of amides is 1. The molecule has 6 aromatic rings. The molecule has 0 radical (unpaired) electrons. The van der Waals surface area contributed by atoms with Gasteiger partial charge in [0, 0.05) is 16.5 Å². The van der Waals surface area contributed by atoms with Crippen LogP contribution in [0.25, 0.3) is 33.3 Å². The standard InChI is InChI=1S/C33H32N8O3/c1-43-29-17-21(31-39-30(34)25-18-36-41(32(25)40-31)23-11-13-35-14-12-23)7-9-27(29)38-33(42)28-16-22-15-24(8-10-26(22)37-28)44-19-20-5-3-2-4-6-20/h2-10,15-18,23,35,37H,11-14,19H2,1H3,(H,38,42)(H2,34,39,40). The van der Waals surface area contributed by atoms with E-state index < -0.39 is 0 Å². The highest BCUT2D eigenvalue weighted by Crippen LogP contribution is 2.33. The summed E-state index contributed by atoms with van der Waals surface area (Å²) in [5.41, 5.74) is 10.6. The van der Waals surface area contributed by atoms with Crippen molar-refractivity contribution in [2.75, 3.05) is 31.2 Å². The molecule has 3 aromatic carbocycles. The highest BCUT2D eigenvalue weighted by molar-refractivity contribution is 6.06. The van der Waals surface area contributed by atoms with Crippen molar-refractivity contribution in [2.45, 2.75) is 25.5 Å². The Hall–Kier alpha value is -5.42. The van der Waals surface area contributed by atoms with E-state index in [1.807, 2.05) is 59.3 Å². The van der Waals surface area contributed by atoms with Crippen molar-refractivity contribution < 1.29 is 14.3 Å². The molecule has 1 aliphatic rings. The first-order chi connectivity index (χ1) is 21.6. The van der Waals surface area contributed by atoms with Crippen LogP contribution in [0.4, 0.5) is 11.5 Å². The van der Waals surface area contributed by atoms with Crippen molar-refractivity contribution in [1.82, 2.24) is 30.0 Å². The van der Waals surface area contributed by atoms with Crippen molar-refractivity contribution in [1.29, 1.82) is 0 Å². The van der Waals surface area contributed by atoms with E-state index in [4.69, 9.17) is 20.2 Å². The number of nitrogens with one attached hydrogen (secondary N) is 3. The van der Waals surface area contributed by atoms with Gasteiger partial charge in [0.05, 0.1) is 30.4 Å². The molecule has 0 saturated carbocycles. The molecule has 0 unspecified atom stereocenters. The van der Waals surface area contributed by atoms with Crippen LogP contribution in [-0.4, -0.2) is 50.8 Å². The number of aromatic amines is 1. The Balaban J connectivity index is 1.10. The Labute approximate surface area is 253 Å². The number of nitrogen functional groups attached to an aromatic ring is 1. The van der Waals surface area contributed by atoms with Gasteiger partial charge >= 0.3 is 0 Å². The van der Waals surface area contributed by atoms with E-state index in [9.17, 15) is 4.79 Å². The number of piperidine rings is 1. The summed E-state index contributed by atoms with van der Waals surface area (Å²) in [6.07, 6.45) is 3.67. The number of ether oxygens (including phenoxy) is 2. The van der Waals surface area contributed by atoms with E-state index in [0.29, 0.717) is 46.6 Å². The smallest absolute Gasteiger partial charge is 0.272 e. The van der Waals surface area contributed by atoms with E-state index in [2.05, 4.69) is 25.7 Å². The molecule has 1 saturated heterocycles. The van der Waals surface area contributed by atoms with Crippen molar-refractivity contribution in [3.05, 3.63) is 90.3 Å². The average Bonchev–Trinajstić information content (AvgIpc) is 3.70. The lowest BCUT2D eigenvalue weighted by Gasteiger charge is -2.23. The maximum absolute atomic E-state index is 13.3. The summed E-state index contributed by atoms with van der Waals surface area (Å²) in [5, 5.41) is 12.5. The maximum atomic E-state index is 13.3. The number of H-pyrrole nitrogens is 1. The molecule has 1 amide bonds. The Morgan fingerprint density at radius 3 is 2.70 bits per heavy atom. The molecular weight excluding hydrogens is 556 g/mol. The van der Waals surface area contributed by atoms with Gasteiger partial charge in [0.15, 0.2) is 11.5 Å². The Kier molecular flexibility index (Phi) is 7.29. The van der Waals surface area contributed by atoms with E-state index >= 15 is 0 Å². The molecule has 11 nitrogen and oxygen atoms in total. The van der Waals surface area contributed by atoms with Gasteiger partial charge in [0.1, 0.15) is 29.6 Å². The molecule has 1 fully saturated rings. The molecule has 222 valence electrons. The molecule has 7 rings (SSSR count). The second-order valence-electron chi connectivity index (χ2n) is 10.8. The Morgan fingerprint density at radius 1 is 1.05 bits per heavy atom. The minimum absolute atomic E-state index is 0.251. The van der Waals surface area contributed by atoms with Crippen LogP contribution < -0.4 is 25.8 Å². The fraction of sp³-hybridized carbons (Fsp3) is 0.212. The van der Waals surface area contributed by atoms with Gasteiger partial charge in [-0.15, -0.1) is 0 Å². The number of nitrogens with zero attached hydrogens (tertiary/aromatic N) is 4. The lowest BCUT2D eigenvalue weighted by molar-refractivity contribution is 0.102. The number of rotatable bonds is 8. The van der Waals surface area contributed by atoms with Crippen LogP contribution in [0, 0.1) is 0 Å². The summed E-state index contributed by atoms with van der Waals surface area (Å²) in [6.45, 7) is 2.34. The number of carbonyl (C=O) groups is 1. The zero-order valence-electron chi connectivity index (χ0n) is 24.2. The van der Waals surface area contributed by atoms with E-state index in [-0.39, 0.29) is 11.9 Å². The SMILES string of the molecule is COc1cc(-c2nc(N)c3cnn(C4CCNCC4)c3n2)ccc1NC(=O)c1cc2cc(OCc3ccccc3)ccc2[nH]1. The van der Waals surface area contributed by atoms with Gasteiger partial charge in [-0.3, -0.25) is 4.79 Å². The molecule has 11 heteroatoms. The average molecular weight is 589 g/mol. The maximum Gasteiger partial charge on any atom is 0.272 e. The Bertz CT molecular complexity index is 1960. The normalized spacial score (nSPS) is 13.8. The third-order valence-corrected chi connectivity index (χ3v) is 7.93. The molecule has 3 aromatic heterocycles. The van der Waals surface area contributed by atoms with Crippen LogP contribution in [0.5, 0.6) is 11.5 Å². The molecule has 5 N–H and O–H groups in total. The monoisotopic (exact) mass is 588 g/mol. The summed E-state index contributed by atoms with van der Waals surface area (Å²) in [5.74, 6) is 1.73. The third-order valence-electron chi connectivity index (χ3n) is 7.93. The minimum Gasteiger partial charge on any atom is -0.495 e. The number of methoxy groups -OCH3 is 1. The van der Waals surface area contributed by atoms with Gasteiger partial charge in [0.2, 0.25) is 0 Å². The van der Waals surface area contributed by atoms with Gasteiger partial charge in [-0.05, 0) is 74.0 Å². The quantitative estimate of drug-likeness (QED) is 0.187. The lowest BCUT2D eigenvalue weighted by atomic mass is 10.1. The zero-order chi connectivity index (χ0) is 30.0. The van der Waals surface area contributed by atoms with Crippen molar-refractivity contribution >= 4 is 39.3 Å². The van der Waals surface area contributed by atoms with Crippen molar-refractivity contribution in [3.8, 4) is 22.9 Å². The van der Waals surface area contributed by atoms with Crippen molar-refractivity contribution in [2.24, 2.45) is 0 Å². The number of benzene rings is 3. The number of aromatic nitrogens is 5. The third kappa shape index (κ3) is 5.40. The van der Waals surface area contributed by atoms with Crippen LogP contribution in [-0.2, 0) is 6.61 Å². The van der Waals surface area contributed by atoms with Crippen LogP contribution >= 0.6 is 0 Å². The number of carbonyl (C=O) groups excluding carboxylic acids is 1. The lowest BCUT2D eigenvalue weighted by Crippen LogP contribution is -2.30. The highest BCUT2D eigenvalue weighted by atomic mass is 16.5. The first kappa shape index (κ1) is 27.4. The molecule has 0 atom stereocenters. The molecule has 1 aliphatic heterocycles. The number of hydrogen-bond donors (Lipinski definition) is 4. The summed E-state index contributed by atoms with van der Waals surface area (Å²) in [6, 6.07) is 23.2. The largest absolute Gasteiger partial charge is 0.495 e. The van der Waals surface area contributed by atoms with Gasteiger partial charge < -0.3 is 30.8 Å². The molecule has 4 heterocycles. The van der Waals surface area contributed by atoms with Gasteiger partial charge in [-0.25, -0.2) is 14.6 Å². The molecule has 0 bridgehead atoms. The van der Waals surface area contributed by atoms with Crippen LogP contribution in [0.1, 0.15) is 34.9 Å². The first-order valence-electron chi connectivity index (χ1n) is 14.6. The van der Waals surface area contributed by atoms with Crippen LogP contribution in [0.15, 0.2) is 79.0 Å². The predicted octanol–water partition coefficient (Wildman–Crippen LogP) is 5.32. The molecular formula is C33H32N8O3. The zero-order valence-corrected chi connectivity index (χ0v) is 24.2. The topological polar surface area (TPSA) is 145 Å². The fourth-order valence-electron chi connectivity index (χ4n) is 5.58. The minimum atomic E-state index is -0.299. The number of fused-ring (bicyclic) bond motifs is 2. The van der Waals surface area contributed by atoms with Crippen LogP contribution in [0.3, 0.4) is 0 Å². The van der Waals surface area contributed by atoms with Gasteiger partial charge in [0.25, 0.3) is 5.91 Å². The summed E-state index contributed by atoms with van der Waals surface area (Å²) >= 11 is 0. The second kappa shape index (κ2) is 11.7. The highest BCUT2D eigenvalue weighted by Gasteiger charge is 2.21. The summed E-state index contributed by atoms with van der Waals surface area (Å²) in [7, 11) is 1.55. The number of anilines is 2. The molecule has 0 aliphatic carbocycles. The predicted molar refractivity (Wildman–Crippen MR) is 170 cm³/mol. The Morgan fingerprint density at radius 2 is 1.89 bits per heavy atom. The van der Waals surface area contributed by atoms with Crippen molar-refractivity contribution in [3.63, 3.8) is 0 Å². The summed E-state index contributed by atoms with van der Waals surface area (Å²) in [4.78, 5) is 25.9. The first-order valence-corrected chi connectivity index (χ1v) is 14.6. The number of hydrogen-bond acceptors (Lipinski definition) is 8.